The third kappa shape index (κ3) is 4.64. The van der Waals surface area contributed by atoms with Gasteiger partial charge in [0.2, 0.25) is 0 Å². The number of pyridine rings is 1. The maximum absolute atomic E-state index is 12.5. The molecule has 0 atom stereocenters. The average molecular weight is 389 g/mol. The predicted octanol–water partition coefficient (Wildman–Crippen LogP) is 4.51. The van der Waals surface area contributed by atoms with Crippen molar-refractivity contribution in [3.63, 3.8) is 0 Å². The summed E-state index contributed by atoms with van der Waals surface area (Å²) >= 11 is 0. The first-order valence-electron chi connectivity index (χ1n) is 9.36. The number of ketones is 1. The lowest BCUT2D eigenvalue weighted by molar-refractivity contribution is 0.0980. The Morgan fingerprint density at radius 1 is 1.10 bits per heavy atom. The second-order valence-electron chi connectivity index (χ2n) is 6.72. The topological polar surface area (TPSA) is 84.2 Å². The van der Waals surface area contributed by atoms with E-state index >= 15 is 0 Å². The molecule has 6 heteroatoms. The normalized spacial score (nSPS) is 10.4. The van der Waals surface area contributed by atoms with Gasteiger partial charge < -0.3 is 14.8 Å². The van der Waals surface area contributed by atoms with Gasteiger partial charge in [-0.25, -0.2) is 4.98 Å². The quantitative estimate of drug-likeness (QED) is 0.451. The standard InChI is InChI=1S/C23H23N3O3/c1-15-6-8-19-17(11-15)12-18(14-24)23(26-19)25-10-4-5-20(27)16-7-9-21(28-2)22(13-16)29-3/h6-9,11-13H,4-5,10H2,1-3H3,(H,25,26). The van der Waals surface area contributed by atoms with E-state index in [9.17, 15) is 10.1 Å². The summed E-state index contributed by atoms with van der Waals surface area (Å²) in [5.74, 6) is 1.69. The van der Waals surface area contributed by atoms with E-state index in [0.717, 1.165) is 16.5 Å². The van der Waals surface area contributed by atoms with Gasteiger partial charge in [-0.15, -0.1) is 0 Å². The Labute approximate surface area is 170 Å². The average Bonchev–Trinajstić information content (AvgIpc) is 2.75. The van der Waals surface area contributed by atoms with Gasteiger partial charge in [-0.3, -0.25) is 4.79 Å². The maximum atomic E-state index is 12.5. The van der Waals surface area contributed by atoms with E-state index in [0.29, 0.717) is 47.8 Å². The monoisotopic (exact) mass is 389 g/mol. The SMILES string of the molecule is COc1ccc(C(=O)CCCNc2nc3ccc(C)cc3cc2C#N)cc1OC. The Morgan fingerprint density at radius 2 is 1.90 bits per heavy atom. The predicted molar refractivity (Wildman–Crippen MR) is 113 cm³/mol. The van der Waals surface area contributed by atoms with Crippen LogP contribution in [-0.4, -0.2) is 31.5 Å². The lowest BCUT2D eigenvalue weighted by Gasteiger charge is -2.10. The summed E-state index contributed by atoms with van der Waals surface area (Å²) in [7, 11) is 3.10. The maximum Gasteiger partial charge on any atom is 0.163 e. The Morgan fingerprint density at radius 3 is 2.62 bits per heavy atom. The number of aryl methyl sites for hydroxylation is 1. The van der Waals surface area contributed by atoms with Crippen molar-refractivity contribution in [2.75, 3.05) is 26.1 Å². The van der Waals surface area contributed by atoms with Crippen LogP contribution in [0.15, 0.2) is 42.5 Å². The van der Waals surface area contributed by atoms with E-state index in [1.54, 1.807) is 32.4 Å². The van der Waals surface area contributed by atoms with E-state index in [1.165, 1.54) is 0 Å². The van der Waals surface area contributed by atoms with Gasteiger partial charge in [0.05, 0.1) is 25.3 Å². The molecule has 148 valence electrons. The fourth-order valence-corrected chi connectivity index (χ4v) is 3.13. The molecule has 0 aliphatic carbocycles. The Balaban J connectivity index is 1.62. The molecule has 0 saturated heterocycles. The Kier molecular flexibility index (Phi) is 6.30. The number of hydrogen-bond donors (Lipinski definition) is 1. The number of methoxy groups -OCH3 is 2. The molecule has 0 spiro atoms. The van der Waals surface area contributed by atoms with Gasteiger partial charge in [-0.05, 0) is 49.7 Å². The summed E-state index contributed by atoms with van der Waals surface area (Å²) in [6.07, 6.45) is 0.989. The molecule has 0 amide bonds. The molecular weight excluding hydrogens is 366 g/mol. The number of carbonyl (C=O) groups excluding carboxylic acids is 1. The van der Waals surface area contributed by atoms with Gasteiger partial charge in [-0.2, -0.15) is 5.26 Å². The fraction of sp³-hybridized carbons (Fsp3) is 0.261. The van der Waals surface area contributed by atoms with E-state index in [1.807, 2.05) is 31.2 Å². The zero-order valence-corrected chi connectivity index (χ0v) is 16.8. The number of fused-ring (bicyclic) bond motifs is 1. The molecule has 3 aromatic rings. The van der Waals surface area contributed by atoms with Gasteiger partial charge in [0.25, 0.3) is 0 Å². The van der Waals surface area contributed by atoms with E-state index in [-0.39, 0.29) is 5.78 Å². The third-order valence-electron chi connectivity index (χ3n) is 4.67. The smallest absolute Gasteiger partial charge is 0.163 e. The molecule has 29 heavy (non-hydrogen) atoms. The molecule has 1 aromatic heterocycles. The summed E-state index contributed by atoms with van der Waals surface area (Å²) in [4.78, 5) is 17.0. The molecule has 0 radical (unpaired) electrons. The highest BCUT2D eigenvalue weighted by Gasteiger charge is 2.11. The molecule has 0 saturated carbocycles. The molecule has 0 aliphatic heterocycles. The van der Waals surface area contributed by atoms with Crippen molar-refractivity contribution in [1.29, 1.82) is 5.26 Å². The van der Waals surface area contributed by atoms with E-state index in [2.05, 4.69) is 16.4 Å². The van der Waals surface area contributed by atoms with Crippen molar-refractivity contribution in [1.82, 2.24) is 4.98 Å². The van der Waals surface area contributed by atoms with Crippen LogP contribution in [0.25, 0.3) is 10.9 Å². The number of carbonyl (C=O) groups is 1. The first-order valence-corrected chi connectivity index (χ1v) is 9.36. The minimum Gasteiger partial charge on any atom is -0.493 e. The third-order valence-corrected chi connectivity index (χ3v) is 4.67. The van der Waals surface area contributed by atoms with Crippen LogP contribution in [0, 0.1) is 18.3 Å². The number of benzene rings is 2. The molecule has 3 rings (SSSR count). The van der Waals surface area contributed by atoms with Crippen molar-refractivity contribution in [2.45, 2.75) is 19.8 Å². The van der Waals surface area contributed by atoms with Crippen molar-refractivity contribution < 1.29 is 14.3 Å². The van der Waals surface area contributed by atoms with E-state index in [4.69, 9.17) is 9.47 Å². The van der Waals surface area contributed by atoms with Gasteiger partial charge in [0.1, 0.15) is 11.9 Å². The summed E-state index contributed by atoms with van der Waals surface area (Å²) in [6.45, 7) is 2.55. The lowest BCUT2D eigenvalue weighted by Crippen LogP contribution is -2.08. The zero-order valence-electron chi connectivity index (χ0n) is 16.8. The van der Waals surface area contributed by atoms with Crippen LogP contribution < -0.4 is 14.8 Å². The number of nitrogens with one attached hydrogen (secondary N) is 1. The Hall–Kier alpha value is -3.59. The molecule has 1 heterocycles. The van der Waals surface area contributed by atoms with Crippen LogP contribution in [-0.2, 0) is 0 Å². The summed E-state index contributed by atoms with van der Waals surface area (Å²) in [5.41, 5.74) is 3.03. The highest BCUT2D eigenvalue weighted by Crippen LogP contribution is 2.28. The van der Waals surface area contributed by atoms with Gasteiger partial charge in [0, 0.05) is 23.9 Å². The molecule has 1 N–H and O–H groups in total. The second-order valence-corrected chi connectivity index (χ2v) is 6.72. The van der Waals surface area contributed by atoms with Crippen LogP contribution >= 0.6 is 0 Å². The minimum atomic E-state index is 0.0233. The van der Waals surface area contributed by atoms with Gasteiger partial charge in [-0.1, -0.05) is 11.6 Å². The first-order chi connectivity index (χ1) is 14.0. The van der Waals surface area contributed by atoms with Crippen molar-refractivity contribution >= 4 is 22.5 Å². The zero-order chi connectivity index (χ0) is 20.8. The van der Waals surface area contributed by atoms with E-state index < -0.39 is 0 Å². The number of aromatic nitrogens is 1. The number of anilines is 1. The molecular formula is C23H23N3O3. The van der Waals surface area contributed by atoms with Crippen LogP contribution in [0.2, 0.25) is 0 Å². The molecule has 0 aliphatic rings. The molecule has 0 bridgehead atoms. The molecule has 2 aromatic carbocycles. The highest BCUT2D eigenvalue weighted by atomic mass is 16.5. The van der Waals surface area contributed by atoms with Crippen LogP contribution in [0.3, 0.4) is 0 Å². The highest BCUT2D eigenvalue weighted by molar-refractivity contribution is 5.96. The largest absolute Gasteiger partial charge is 0.493 e. The van der Waals surface area contributed by atoms with Crippen LogP contribution in [0.4, 0.5) is 5.82 Å². The van der Waals surface area contributed by atoms with Crippen molar-refractivity contribution in [3.05, 3.63) is 59.2 Å². The van der Waals surface area contributed by atoms with Crippen LogP contribution in [0.5, 0.6) is 11.5 Å². The number of ether oxygens (including phenoxy) is 2. The number of nitriles is 1. The van der Waals surface area contributed by atoms with Crippen molar-refractivity contribution in [2.24, 2.45) is 0 Å². The molecule has 6 nitrogen and oxygen atoms in total. The fourth-order valence-electron chi connectivity index (χ4n) is 3.13. The number of rotatable bonds is 8. The number of Topliss-reactive ketones (excluding diaryl/α,β-unsaturated/α-hetero) is 1. The van der Waals surface area contributed by atoms with Gasteiger partial charge >= 0.3 is 0 Å². The van der Waals surface area contributed by atoms with Crippen LogP contribution in [0.1, 0.15) is 34.3 Å². The summed E-state index contributed by atoms with van der Waals surface area (Å²) < 4.78 is 10.4. The molecule has 0 unspecified atom stereocenters. The Bertz CT molecular complexity index is 1090. The second kappa shape index (κ2) is 9.07. The van der Waals surface area contributed by atoms with Gasteiger partial charge in [0.15, 0.2) is 17.3 Å². The van der Waals surface area contributed by atoms with Crippen molar-refractivity contribution in [3.8, 4) is 17.6 Å². The minimum absolute atomic E-state index is 0.0233. The first kappa shape index (κ1) is 20.2. The number of nitrogens with zero attached hydrogens (tertiary/aromatic N) is 2. The lowest BCUT2D eigenvalue weighted by atomic mass is 10.1. The summed E-state index contributed by atoms with van der Waals surface area (Å²) in [5, 5.41) is 13.6. The number of hydrogen-bond acceptors (Lipinski definition) is 6. The summed E-state index contributed by atoms with van der Waals surface area (Å²) in [6, 6.07) is 15.1. The molecule has 0 fully saturated rings.